The van der Waals surface area contributed by atoms with Gasteiger partial charge in [0.15, 0.2) is 0 Å². The molecule has 0 aliphatic heterocycles. The predicted molar refractivity (Wildman–Crippen MR) is 42.7 cm³/mol. The first kappa shape index (κ1) is 7.65. The van der Waals surface area contributed by atoms with Crippen LogP contribution in [0.1, 0.15) is 0 Å². The Kier molecular flexibility index (Phi) is 10.2. The van der Waals surface area contributed by atoms with Crippen LogP contribution in [-0.4, -0.2) is 42.3 Å². The van der Waals surface area contributed by atoms with E-state index < -0.39 is 0 Å². The Labute approximate surface area is 66.9 Å². The van der Waals surface area contributed by atoms with Gasteiger partial charge in [-0.1, -0.05) is 0 Å². The molecule has 0 radical (unpaired) electrons. The van der Waals surface area contributed by atoms with Crippen molar-refractivity contribution in [2.24, 2.45) is 0 Å². The summed E-state index contributed by atoms with van der Waals surface area (Å²) in [4.78, 5) is 0. The summed E-state index contributed by atoms with van der Waals surface area (Å²) in [6, 6.07) is 0. The zero-order valence-electron chi connectivity index (χ0n) is 3.22. The summed E-state index contributed by atoms with van der Waals surface area (Å²) in [5.74, 6) is 0. The van der Waals surface area contributed by atoms with Crippen molar-refractivity contribution in [2.45, 2.75) is 0 Å². The number of hydrogen-bond donors (Lipinski definition) is 0. The van der Waals surface area contributed by atoms with Crippen LogP contribution >= 0.6 is 25.8 Å². The third-order valence-electron chi connectivity index (χ3n) is 0.136. The van der Waals surface area contributed by atoms with Gasteiger partial charge in [0, 0.05) is 0 Å². The Bertz CT molecular complexity index is 12.4. The Morgan fingerprint density at radius 2 is 1.40 bits per heavy atom. The molecule has 32 valence electrons. The van der Waals surface area contributed by atoms with E-state index >= 15 is 0 Å². The van der Waals surface area contributed by atoms with Gasteiger partial charge in [-0.05, 0) is 0 Å². The van der Waals surface area contributed by atoms with Crippen molar-refractivity contribution in [3.05, 3.63) is 0 Å². The molecule has 0 aromatic carbocycles. The van der Waals surface area contributed by atoms with Gasteiger partial charge in [0.2, 0.25) is 0 Å². The molecule has 0 rings (SSSR count). The summed E-state index contributed by atoms with van der Waals surface area (Å²) in [7, 11) is 6.07. The molecule has 0 saturated heterocycles. The molecule has 0 amide bonds. The SMILES string of the molecule is [SnH3][S]S[S][SnH3]. The average molecular weight is 340 g/mol. The third kappa shape index (κ3) is 6.65. The molecule has 0 aliphatic carbocycles. The Morgan fingerprint density at radius 1 is 1.00 bits per heavy atom. The van der Waals surface area contributed by atoms with Gasteiger partial charge in [-0.2, -0.15) is 0 Å². The minimum absolute atomic E-state index is 0.875. The third-order valence-corrected chi connectivity index (χ3v) is 24.6. The van der Waals surface area contributed by atoms with Crippen LogP contribution in [0.3, 0.4) is 0 Å². The van der Waals surface area contributed by atoms with E-state index in [4.69, 9.17) is 0 Å². The van der Waals surface area contributed by atoms with E-state index in [1.54, 1.807) is 0 Å². The van der Waals surface area contributed by atoms with Crippen molar-refractivity contribution < 1.29 is 0 Å². The normalized spacial score (nSPS) is 9.60. The molecule has 5 heteroatoms. The van der Waals surface area contributed by atoms with E-state index in [0.29, 0.717) is 0 Å². The zero-order chi connectivity index (χ0) is 4.12. The van der Waals surface area contributed by atoms with Gasteiger partial charge in [0.05, 0.1) is 0 Å². The van der Waals surface area contributed by atoms with E-state index in [9.17, 15) is 0 Å². The van der Waals surface area contributed by atoms with Crippen LogP contribution < -0.4 is 0 Å². The predicted octanol–water partition coefficient (Wildman–Crippen LogP) is -0.423. The molecule has 0 nitrogen and oxygen atoms in total. The summed E-state index contributed by atoms with van der Waals surface area (Å²) in [6.45, 7) is 0. The second kappa shape index (κ2) is 6.65. The zero-order valence-corrected chi connectivity index (χ0v) is 17.1. The molecular formula is H6S3Sn2. The fraction of sp³-hybridized carbons (Fsp3) is 0. The molecular weight excluding hydrogens is 334 g/mol. The molecule has 0 fully saturated rings. The molecule has 0 N–H and O–H groups in total. The van der Waals surface area contributed by atoms with Crippen molar-refractivity contribution in [1.29, 1.82) is 0 Å². The van der Waals surface area contributed by atoms with Crippen LogP contribution in [0, 0.1) is 0 Å². The number of hydrogen-bond acceptors (Lipinski definition) is 3. The first-order chi connectivity index (χ1) is 2.41. The van der Waals surface area contributed by atoms with E-state index in [1.807, 2.05) is 25.8 Å². The molecule has 0 spiro atoms. The molecule has 0 aliphatic rings. The summed E-state index contributed by atoms with van der Waals surface area (Å²) in [6.07, 6.45) is 0. The standard InChI is InChI=1S/H2S3.2Sn.6H/c1-3-2;;;;;;;;/h1-2H;;;;;;;;/q;2*+1;;;;;;/p-2. The minimum atomic E-state index is 0.875. The Morgan fingerprint density at radius 3 is 1.40 bits per heavy atom. The van der Waals surface area contributed by atoms with Gasteiger partial charge < -0.3 is 0 Å². The summed E-state index contributed by atoms with van der Waals surface area (Å²) in [5, 5.41) is 0. The van der Waals surface area contributed by atoms with E-state index in [1.165, 1.54) is 0 Å². The van der Waals surface area contributed by atoms with Gasteiger partial charge in [-0.3, -0.25) is 0 Å². The quantitative estimate of drug-likeness (QED) is 0.495. The second-order valence-corrected chi connectivity index (χ2v) is 22.0. The average Bonchev–Trinajstić information content (AvgIpc) is 1.41. The van der Waals surface area contributed by atoms with Crippen LogP contribution in [0.5, 0.6) is 0 Å². The maximum atomic E-state index is 2.04. The van der Waals surface area contributed by atoms with Crippen molar-refractivity contribution in [1.82, 2.24) is 0 Å². The van der Waals surface area contributed by atoms with Gasteiger partial charge in [-0.25, -0.2) is 0 Å². The molecule has 0 atom stereocenters. The van der Waals surface area contributed by atoms with Gasteiger partial charge >= 0.3 is 68.1 Å². The topological polar surface area (TPSA) is 0 Å². The Hall–Kier alpha value is 2.65. The van der Waals surface area contributed by atoms with Crippen LogP contribution in [-0.2, 0) is 0 Å². The van der Waals surface area contributed by atoms with Crippen LogP contribution in [0.2, 0.25) is 0 Å². The van der Waals surface area contributed by atoms with Crippen LogP contribution in [0.15, 0.2) is 0 Å². The molecule has 0 saturated carbocycles. The van der Waals surface area contributed by atoms with Crippen molar-refractivity contribution in [2.75, 3.05) is 0 Å². The molecule has 0 bridgehead atoms. The molecule has 0 heterocycles. The molecule has 0 aromatic rings. The summed E-state index contributed by atoms with van der Waals surface area (Å²) in [5.41, 5.74) is 0. The summed E-state index contributed by atoms with van der Waals surface area (Å²) >= 11 is 1.75. The van der Waals surface area contributed by atoms with Crippen LogP contribution in [0.25, 0.3) is 0 Å². The van der Waals surface area contributed by atoms with E-state index in [0.717, 1.165) is 42.3 Å². The fourth-order valence-corrected chi connectivity index (χ4v) is 82.7. The fourth-order valence-electron chi connectivity index (χ4n) is 0.0680. The summed E-state index contributed by atoms with van der Waals surface area (Å²) < 4.78 is 0. The van der Waals surface area contributed by atoms with Gasteiger partial charge in [0.25, 0.3) is 0 Å². The van der Waals surface area contributed by atoms with Crippen molar-refractivity contribution in [3.63, 3.8) is 0 Å². The van der Waals surface area contributed by atoms with E-state index in [-0.39, 0.29) is 0 Å². The molecule has 5 heavy (non-hydrogen) atoms. The Balaban J connectivity index is 2.19. The molecule has 0 unspecified atom stereocenters. The number of rotatable bonds is 2. The molecule has 0 aromatic heterocycles. The van der Waals surface area contributed by atoms with Crippen molar-refractivity contribution >= 4 is 68.1 Å². The van der Waals surface area contributed by atoms with Crippen LogP contribution in [0.4, 0.5) is 0 Å². The van der Waals surface area contributed by atoms with Crippen molar-refractivity contribution in [3.8, 4) is 0 Å². The van der Waals surface area contributed by atoms with E-state index in [2.05, 4.69) is 0 Å². The maximum absolute atomic E-state index is 2.04. The first-order valence-electron chi connectivity index (χ1n) is 1.15. The van der Waals surface area contributed by atoms with Gasteiger partial charge in [0.1, 0.15) is 0 Å². The first-order valence-corrected chi connectivity index (χ1v) is 19.4. The second-order valence-electron chi connectivity index (χ2n) is 0.401. The monoisotopic (exact) mass is 342 g/mol. The van der Waals surface area contributed by atoms with Gasteiger partial charge in [-0.15, -0.1) is 0 Å².